The van der Waals surface area contributed by atoms with Crippen molar-refractivity contribution in [1.82, 2.24) is 25.8 Å². The number of hydrogen-bond acceptors (Lipinski definition) is 5. The Bertz CT molecular complexity index is 535. The van der Waals surface area contributed by atoms with E-state index in [0.717, 1.165) is 11.8 Å². The Balaban J connectivity index is 1.39. The summed E-state index contributed by atoms with van der Waals surface area (Å²) in [5.74, 6) is 1.95. The molecule has 0 saturated heterocycles. The van der Waals surface area contributed by atoms with E-state index in [1.54, 1.807) is 0 Å². The second-order valence-corrected chi connectivity index (χ2v) is 7.19. The maximum absolute atomic E-state index is 11.9. The van der Waals surface area contributed by atoms with Crippen molar-refractivity contribution in [2.75, 3.05) is 5.75 Å². The average molecular weight is 323 g/mol. The summed E-state index contributed by atoms with van der Waals surface area (Å²) < 4.78 is 0. The van der Waals surface area contributed by atoms with Gasteiger partial charge in [-0.15, -0.1) is 0 Å². The second kappa shape index (κ2) is 6.68. The van der Waals surface area contributed by atoms with Crippen molar-refractivity contribution in [1.29, 1.82) is 0 Å². The number of urea groups is 1. The van der Waals surface area contributed by atoms with Crippen molar-refractivity contribution in [3.05, 3.63) is 6.33 Å². The zero-order chi connectivity index (χ0) is 15.5. The van der Waals surface area contributed by atoms with Crippen LogP contribution in [0.3, 0.4) is 0 Å². The van der Waals surface area contributed by atoms with Crippen LogP contribution in [-0.4, -0.2) is 38.9 Å². The molecule has 3 amide bonds. The molecule has 22 heavy (non-hydrogen) atoms. The number of carbonyl (C=O) groups excluding carboxylic acids is 2. The predicted molar refractivity (Wildman–Crippen MR) is 82.2 cm³/mol. The standard InChI is InChI=1S/C14H21N5O2S/c1-8(11-5-9-2-3-10(11)4-9)17-13(21)18-12(20)6-22-14-15-7-16-19-14/h7-11H,2-6H2,1H3,(H,15,16,19)(H2,17,18,20,21)/t8-,9-,10-,11+/m0/s1. The molecule has 1 aromatic rings. The van der Waals surface area contributed by atoms with Crippen LogP contribution in [0.15, 0.2) is 11.5 Å². The van der Waals surface area contributed by atoms with Gasteiger partial charge in [-0.25, -0.2) is 9.78 Å². The fourth-order valence-electron chi connectivity index (χ4n) is 3.82. The molecule has 7 nitrogen and oxygen atoms in total. The van der Waals surface area contributed by atoms with E-state index in [9.17, 15) is 9.59 Å². The van der Waals surface area contributed by atoms with E-state index in [1.807, 2.05) is 6.92 Å². The summed E-state index contributed by atoms with van der Waals surface area (Å²) in [5, 5.41) is 12.2. The first-order valence-electron chi connectivity index (χ1n) is 7.70. The molecule has 2 aliphatic carbocycles. The molecule has 8 heteroatoms. The Morgan fingerprint density at radius 2 is 2.32 bits per heavy atom. The zero-order valence-electron chi connectivity index (χ0n) is 12.5. The summed E-state index contributed by atoms with van der Waals surface area (Å²) in [6.07, 6.45) is 6.53. The number of rotatable bonds is 5. The molecule has 3 N–H and O–H groups in total. The van der Waals surface area contributed by atoms with Crippen LogP contribution in [0.4, 0.5) is 4.79 Å². The Morgan fingerprint density at radius 3 is 2.95 bits per heavy atom. The van der Waals surface area contributed by atoms with Crippen LogP contribution in [0, 0.1) is 17.8 Å². The van der Waals surface area contributed by atoms with Gasteiger partial charge in [0.25, 0.3) is 0 Å². The normalized spacial score (nSPS) is 27.6. The summed E-state index contributed by atoms with van der Waals surface area (Å²) in [5.41, 5.74) is 0. The van der Waals surface area contributed by atoms with Crippen molar-refractivity contribution >= 4 is 23.7 Å². The highest BCUT2D eigenvalue weighted by Gasteiger charge is 2.42. The largest absolute Gasteiger partial charge is 0.335 e. The van der Waals surface area contributed by atoms with Gasteiger partial charge in [0.15, 0.2) is 5.16 Å². The molecular formula is C14H21N5O2S. The van der Waals surface area contributed by atoms with Crippen molar-refractivity contribution in [2.45, 2.75) is 43.8 Å². The number of hydrogen-bond donors (Lipinski definition) is 3. The highest BCUT2D eigenvalue weighted by Crippen LogP contribution is 2.49. The van der Waals surface area contributed by atoms with Crippen molar-refractivity contribution in [3.63, 3.8) is 0 Å². The molecule has 3 rings (SSSR count). The summed E-state index contributed by atoms with van der Waals surface area (Å²) in [4.78, 5) is 27.5. The number of carbonyl (C=O) groups is 2. The van der Waals surface area contributed by atoms with Crippen LogP contribution in [0.1, 0.15) is 32.6 Å². The van der Waals surface area contributed by atoms with Crippen LogP contribution in [0.25, 0.3) is 0 Å². The summed E-state index contributed by atoms with van der Waals surface area (Å²) >= 11 is 1.21. The molecule has 4 atom stereocenters. The lowest BCUT2D eigenvalue weighted by molar-refractivity contribution is -0.117. The van der Waals surface area contributed by atoms with Gasteiger partial charge in [0.05, 0.1) is 5.75 Å². The zero-order valence-corrected chi connectivity index (χ0v) is 13.4. The third-order valence-corrected chi connectivity index (χ3v) is 5.66. The first-order chi connectivity index (χ1) is 10.6. The fraction of sp³-hybridized carbons (Fsp3) is 0.714. The number of aromatic amines is 1. The molecule has 2 saturated carbocycles. The molecule has 2 aliphatic rings. The number of nitrogens with zero attached hydrogens (tertiary/aromatic N) is 2. The van der Waals surface area contributed by atoms with Crippen LogP contribution < -0.4 is 10.6 Å². The van der Waals surface area contributed by atoms with Crippen LogP contribution >= 0.6 is 11.8 Å². The van der Waals surface area contributed by atoms with E-state index < -0.39 is 6.03 Å². The number of aromatic nitrogens is 3. The SMILES string of the molecule is C[C@H](NC(=O)NC(=O)CSc1ncn[nH]1)[C@H]1C[C@H]2CC[C@H]1C2. The van der Waals surface area contributed by atoms with Crippen molar-refractivity contribution in [3.8, 4) is 0 Å². The second-order valence-electron chi connectivity index (χ2n) is 6.23. The maximum atomic E-state index is 11.9. The van der Waals surface area contributed by atoms with Crippen LogP contribution in [0.5, 0.6) is 0 Å². The molecule has 1 aromatic heterocycles. The van der Waals surface area contributed by atoms with Gasteiger partial charge in [-0.05, 0) is 43.9 Å². The van der Waals surface area contributed by atoms with Gasteiger partial charge in [-0.3, -0.25) is 15.2 Å². The smallest absolute Gasteiger partial charge is 0.321 e. The van der Waals surface area contributed by atoms with Gasteiger partial charge in [0.2, 0.25) is 5.91 Å². The van der Waals surface area contributed by atoms with Crippen molar-refractivity contribution in [2.24, 2.45) is 17.8 Å². The van der Waals surface area contributed by atoms with E-state index in [1.165, 1.54) is 43.8 Å². The van der Waals surface area contributed by atoms with Gasteiger partial charge in [-0.1, -0.05) is 18.2 Å². The van der Waals surface area contributed by atoms with E-state index in [4.69, 9.17) is 0 Å². The molecule has 0 aromatic carbocycles. The topological polar surface area (TPSA) is 99.8 Å². The Hall–Kier alpha value is -1.57. The number of thioether (sulfide) groups is 1. The van der Waals surface area contributed by atoms with Crippen molar-refractivity contribution < 1.29 is 9.59 Å². The maximum Gasteiger partial charge on any atom is 0.321 e. The van der Waals surface area contributed by atoms with E-state index >= 15 is 0 Å². The third kappa shape index (κ3) is 3.60. The Morgan fingerprint density at radius 1 is 1.45 bits per heavy atom. The van der Waals surface area contributed by atoms with Gasteiger partial charge < -0.3 is 5.32 Å². The quantitative estimate of drug-likeness (QED) is 0.714. The number of H-pyrrole nitrogens is 1. The molecule has 2 fully saturated rings. The molecule has 0 aliphatic heterocycles. The molecule has 120 valence electrons. The Labute approximate surface area is 133 Å². The fourth-order valence-corrected chi connectivity index (χ4v) is 4.40. The summed E-state index contributed by atoms with van der Waals surface area (Å²) in [6.45, 7) is 2.04. The molecule has 2 bridgehead atoms. The van der Waals surface area contributed by atoms with Gasteiger partial charge >= 0.3 is 6.03 Å². The first-order valence-corrected chi connectivity index (χ1v) is 8.69. The van der Waals surface area contributed by atoms with E-state index in [-0.39, 0.29) is 17.7 Å². The molecule has 0 spiro atoms. The molecule has 0 radical (unpaired) electrons. The van der Waals surface area contributed by atoms with Gasteiger partial charge in [0.1, 0.15) is 6.33 Å². The van der Waals surface area contributed by atoms with E-state index in [0.29, 0.717) is 11.1 Å². The molecular weight excluding hydrogens is 302 g/mol. The predicted octanol–water partition coefficient (Wildman–Crippen LogP) is 1.55. The van der Waals surface area contributed by atoms with Crippen LogP contribution in [0.2, 0.25) is 0 Å². The minimum atomic E-state index is -0.404. The molecule has 0 unspecified atom stereocenters. The lowest BCUT2D eigenvalue weighted by Crippen LogP contribution is -2.47. The minimum absolute atomic E-state index is 0.116. The lowest BCUT2D eigenvalue weighted by Gasteiger charge is -2.28. The number of amides is 3. The first kappa shape index (κ1) is 15.3. The minimum Gasteiger partial charge on any atom is -0.335 e. The lowest BCUT2D eigenvalue weighted by atomic mass is 9.84. The summed E-state index contributed by atoms with van der Waals surface area (Å²) in [7, 11) is 0. The molecule has 1 heterocycles. The highest BCUT2D eigenvalue weighted by atomic mass is 32.2. The number of fused-ring (bicyclic) bond motifs is 2. The number of nitrogens with one attached hydrogen (secondary N) is 3. The highest BCUT2D eigenvalue weighted by molar-refractivity contribution is 7.99. The van der Waals surface area contributed by atoms with E-state index in [2.05, 4.69) is 25.8 Å². The summed E-state index contributed by atoms with van der Waals surface area (Å²) in [6, 6.07) is -0.288. The van der Waals surface area contributed by atoms with Gasteiger partial charge in [-0.2, -0.15) is 5.10 Å². The van der Waals surface area contributed by atoms with Crippen LogP contribution in [-0.2, 0) is 4.79 Å². The number of imide groups is 1. The van der Waals surface area contributed by atoms with Gasteiger partial charge in [0, 0.05) is 6.04 Å². The third-order valence-electron chi connectivity index (χ3n) is 4.78. The average Bonchev–Trinajstić information content (AvgIpc) is 3.22. The monoisotopic (exact) mass is 323 g/mol. The Kier molecular flexibility index (Phi) is 4.66.